The summed E-state index contributed by atoms with van der Waals surface area (Å²) < 4.78 is 0. The van der Waals surface area contributed by atoms with Crippen LogP contribution in [0, 0.1) is 0 Å². The van der Waals surface area contributed by atoms with Crippen molar-refractivity contribution in [1.29, 1.82) is 0 Å². The average Bonchev–Trinajstić information content (AvgIpc) is 1.85. The molecule has 0 aliphatic heterocycles. The molecule has 9 heavy (non-hydrogen) atoms. The molecule has 0 aliphatic carbocycles. The van der Waals surface area contributed by atoms with Crippen LogP contribution in [0.5, 0.6) is 0 Å². The van der Waals surface area contributed by atoms with E-state index in [1.165, 1.54) is 0 Å². The molecule has 0 saturated carbocycles. The second-order valence-corrected chi connectivity index (χ2v) is 1.69. The molecule has 3 nitrogen and oxygen atoms in total. The van der Waals surface area contributed by atoms with Crippen LogP contribution in [0.1, 0.15) is 6.92 Å². The minimum absolute atomic E-state index is 0.668. The van der Waals surface area contributed by atoms with Gasteiger partial charge in [-0.25, -0.2) is 5.01 Å². The number of likely N-dealkylation sites (N-methyl/N-ethyl adjacent to an activating group) is 1. The van der Waals surface area contributed by atoms with Gasteiger partial charge in [-0.2, -0.15) is 0 Å². The Hall–Kier alpha value is -0.380. The maximum atomic E-state index is 4.88. The van der Waals surface area contributed by atoms with Gasteiger partial charge in [-0.05, 0) is 6.92 Å². The SMILES string of the molecule is C=CCN(C)NOCC. The number of nitrogens with zero attached hydrogens (tertiary/aromatic N) is 1. The third-order valence-electron chi connectivity index (χ3n) is 0.768. The summed E-state index contributed by atoms with van der Waals surface area (Å²) in [6.45, 7) is 6.94. The zero-order valence-corrected chi connectivity index (χ0v) is 6.05. The fourth-order valence-corrected chi connectivity index (χ4v) is 0.406. The number of hydrogen-bond donors (Lipinski definition) is 1. The fraction of sp³-hybridized carbons (Fsp3) is 0.667. The molecule has 0 fully saturated rings. The standard InChI is InChI=1S/C6H14N2O/c1-4-6-8(3)7-9-5-2/h4,7H,1,5-6H2,2-3H3. The highest BCUT2D eigenvalue weighted by molar-refractivity contribution is 4.67. The van der Waals surface area contributed by atoms with Gasteiger partial charge in [0, 0.05) is 13.6 Å². The average molecular weight is 130 g/mol. The van der Waals surface area contributed by atoms with E-state index in [1.807, 2.05) is 14.0 Å². The predicted molar refractivity (Wildman–Crippen MR) is 37.6 cm³/mol. The van der Waals surface area contributed by atoms with Crippen LogP contribution in [0.4, 0.5) is 0 Å². The van der Waals surface area contributed by atoms with E-state index < -0.39 is 0 Å². The van der Waals surface area contributed by atoms with Crippen LogP contribution in [-0.4, -0.2) is 25.2 Å². The molecule has 0 aromatic rings. The van der Waals surface area contributed by atoms with Crippen molar-refractivity contribution in [2.24, 2.45) is 0 Å². The first-order valence-corrected chi connectivity index (χ1v) is 3.00. The Labute approximate surface area is 56.2 Å². The van der Waals surface area contributed by atoms with Gasteiger partial charge in [-0.3, -0.25) is 4.84 Å². The molecule has 0 aromatic carbocycles. The van der Waals surface area contributed by atoms with Crippen molar-refractivity contribution in [3.8, 4) is 0 Å². The molecule has 3 heteroatoms. The van der Waals surface area contributed by atoms with Gasteiger partial charge in [0.25, 0.3) is 0 Å². The highest BCUT2D eigenvalue weighted by atomic mass is 16.7. The molecule has 1 N–H and O–H groups in total. The summed E-state index contributed by atoms with van der Waals surface area (Å²) in [7, 11) is 1.89. The first-order valence-electron chi connectivity index (χ1n) is 3.00. The van der Waals surface area contributed by atoms with Crippen molar-refractivity contribution in [2.75, 3.05) is 20.2 Å². The molecular formula is C6H14N2O. The van der Waals surface area contributed by atoms with Gasteiger partial charge >= 0.3 is 0 Å². The lowest BCUT2D eigenvalue weighted by Gasteiger charge is -2.13. The van der Waals surface area contributed by atoms with E-state index in [-0.39, 0.29) is 0 Å². The van der Waals surface area contributed by atoms with Gasteiger partial charge in [0.1, 0.15) is 0 Å². The Morgan fingerprint density at radius 1 is 1.78 bits per heavy atom. The molecule has 54 valence electrons. The minimum Gasteiger partial charge on any atom is -0.287 e. The van der Waals surface area contributed by atoms with Gasteiger partial charge in [-0.1, -0.05) is 6.08 Å². The molecule has 0 aromatic heterocycles. The molecule has 0 aliphatic rings. The molecule has 0 heterocycles. The number of rotatable bonds is 5. The molecule has 0 spiro atoms. The van der Waals surface area contributed by atoms with Crippen molar-refractivity contribution in [3.05, 3.63) is 12.7 Å². The highest BCUT2D eigenvalue weighted by Gasteiger charge is 1.88. The Morgan fingerprint density at radius 3 is 2.89 bits per heavy atom. The Morgan fingerprint density at radius 2 is 2.44 bits per heavy atom. The maximum absolute atomic E-state index is 4.88. The first-order chi connectivity index (χ1) is 4.31. The molecule has 0 rings (SSSR count). The normalized spacial score (nSPS) is 10.1. The van der Waals surface area contributed by atoms with Crippen LogP contribution in [0.3, 0.4) is 0 Å². The lowest BCUT2D eigenvalue weighted by atomic mass is 10.6. The van der Waals surface area contributed by atoms with Crippen LogP contribution in [0.25, 0.3) is 0 Å². The van der Waals surface area contributed by atoms with E-state index in [2.05, 4.69) is 12.2 Å². The summed E-state index contributed by atoms with van der Waals surface area (Å²) in [5.74, 6) is 0. The van der Waals surface area contributed by atoms with Gasteiger partial charge in [0.05, 0.1) is 6.61 Å². The summed E-state index contributed by atoms with van der Waals surface area (Å²) in [5, 5.41) is 1.80. The van der Waals surface area contributed by atoms with E-state index in [1.54, 1.807) is 11.1 Å². The third-order valence-corrected chi connectivity index (χ3v) is 0.768. The van der Waals surface area contributed by atoms with Crippen LogP contribution >= 0.6 is 0 Å². The van der Waals surface area contributed by atoms with Crippen molar-refractivity contribution in [2.45, 2.75) is 6.92 Å². The molecule has 0 radical (unpaired) electrons. The van der Waals surface area contributed by atoms with Crippen LogP contribution in [0.15, 0.2) is 12.7 Å². The van der Waals surface area contributed by atoms with Crippen molar-refractivity contribution >= 4 is 0 Å². The first kappa shape index (κ1) is 8.62. The molecule has 0 saturated heterocycles. The zero-order chi connectivity index (χ0) is 7.11. The van der Waals surface area contributed by atoms with Gasteiger partial charge in [0.2, 0.25) is 0 Å². The van der Waals surface area contributed by atoms with Crippen molar-refractivity contribution in [1.82, 2.24) is 10.6 Å². The summed E-state index contributed by atoms with van der Waals surface area (Å²) in [6.07, 6.45) is 1.80. The van der Waals surface area contributed by atoms with Crippen LogP contribution in [0.2, 0.25) is 0 Å². The van der Waals surface area contributed by atoms with Crippen molar-refractivity contribution < 1.29 is 4.84 Å². The van der Waals surface area contributed by atoms with E-state index in [0.717, 1.165) is 6.54 Å². The lowest BCUT2D eigenvalue weighted by Crippen LogP contribution is -2.34. The number of hydrogen-bond acceptors (Lipinski definition) is 3. The van der Waals surface area contributed by atoms with Crippen molar-refractivity contribution in [3.63, 3.8) is 0 Å². The Balaban J connectivity index is 3.04. The third kappa shape index (κ3) is 5.49. The Bertz CT molecular complexity index is 75.5. The van der Waals surface area contributed by atoms with E-state index >= 15 is 0 Å². The summed E-state index contributed by atoms with van der Waals surface area (Å²) in [5.41, 5.74) is 2.70. The topological polar surface area (TPSA) is 24.5 Å². The highest BCUT2D eigenvalue weighted by Crippen LogP contribution is 1.74. The maximum Gasteiger partial charge on any atom is 0.0670 e. The minimum atomic E-state index is 0.668. The Kier molecular flexibility index (Phi) is 5.51. The molecule has 0 atom stereocenters. The van der Waals surface area contributed by atoms with Crippen LogP contribution < -0.4 is 5.59 Å². The summed E-state index contributed by atoms with van der Waals surface area (Å²) in [6, 6.07) is 0. The number of hydrazine groups is 1. The van der Waals surface area contributed by atoms with Crippen LogP contribution in [-0.2, 0) is 4.84 Å². The summed E-state index contributed by atoms with van der Waals surface area (Å²) >= 11 is 0. The summed E-state index contributed by atoms with van der Waals surface area (Å²) in [4.78, 5) is 4.88. The van der Waals surface area contributed by atoms with Gasteiger partial charge < -0.3 is 0 Å². The fourth-order valence-electron chi connectivity index (χ4n) is 0.406. The smallest absolute Gasteiger partial charge is 0.0670 e. The largest absolute Gasteiger partial charge is 0.287 e. The molecule has 0 unspecified atom stereocenters. The van der Waals surface area contributed by atoms with Gasteiger partial charge in [-0.15, -0.1) is 12.2 Å². The lowest BCUT2D eigenvalue weighted by molar-refractivity contribution is -0.0603. The van der Waals surface area contributed by atoms with Gasteiger partial charge in [0.15, 0.2) is 0 Å². The predicted octanol–water partition coefficient (Wildman–Crippen LogP) is 0.560. The molecule has 0 amide bonds. The van der Waals surface area contributed by atoms with E-state index in [4.69, 9.17) is 4.84 Å². The number of nitrogens with one attached hydrogen (secondary N) is 1. The molecule has 0 bridgehead atoms. The quantitative estimate of drug-likeness (QED) is 0.434. The second kappa shape index (κ2) is 5.75. The van der Waals surface area contributed by atoms with E-state index in [9.17, 15) is 0 Å². The zero-order valence-electron chi connectivity index (χ0n) is 6.05. The second-order valence-electron chi connectivity index (χ2n) is 1.69. The van der Waals surface area contributed by atoms with E-state index in [0.29, 0.717) is 6.61 Å². The monoisotopic (exact) mass is 130 g/mol. The molecular weight excluding hydrogens is 116 g/mol.